The molecular weight excluding hydrogens is 273 g/mol. The van der Waals surface area contributed by atoms with Crippen molar-refractivity contribution in [3.8, 4) is 11.8 Å². The highest BCUT2D eigenvalue weighted by molar-refractivity contribution is 5.38. The summed E-state index contributed by atoms with van der Waals surface area (Å²) in [4.78, 5) is 0. The fourth-order valence-electron chi connectivity index (χ4n) is 1.60. The van der Waals surface area contributed by atoms with E-state index in [-0.39, 0.29) is 12.4 Å². The van der Waals surface area contributed by atoms with Crippen molar-refractivity contribution in [1.82, 2.24) is 0 Å². The number of hydrogen-bond donors (Lipinski definition) is 1. The zero-order chi connectivity index (χ0) is 15.3. The van der Waals surface area contributed by atoms with Gasteiger partial charge in [-0.15, -0.1) is 0 Å². The van der Waals surface area contributed by atoms with Crippen LogP contribution in [0.15, 0.2) is 18.2 Å². The Morgan fingerprint density at radius 2 is 1.95 bits per heavy atom. The minimum Gasteiger partial charge on any atom is -0.382 e. The maximum absolute atomic E-state index is 13.5. The van der Waals surface area contributed by atoms with Gasteiger partial charge < -0.3 is 19.9 Å². The first-order valence-electron chi connectivity index (χ1n) is 6.89. The highest BCUT2D eigenvalue weighted by Gasteiger charge is 2.01. The monoisotopic (exact) mass is 295 g/mol. The van der Waals surface area contributed by atoms with Gasteiger partial charge in [0.2, 0.25) is 0 Å². The summed E-state index contributed by atoms with van der Waals surface area (Å²) < 4.78 is 29.2. The molecule has 0 aliphatic carbocycles. The number of ether oxygens (including phenoxy) is 3. The van der Waals surface area contributed by atoms with E-state index in [9.17, 15) is 4.39 Å². The van der Waals surface area contributed by atoms with Gasteiger partial charge in [-0.05, 0) is 24.1 Å². The number of methoxy groups -OCH3 is 1. The Morgan fingerprint density at radius 3 is 2.71 bits per heavy atom. The van der Waals surface area contributed by atoms with Crippen LogP contribution in [0.25, 0.3) is 0 Å². The summed E-state index contributed by atoms with van der Waals surface area (Å²) in [6.07, 6.45) is 0.810. The fourth-order valence-corrected chi connectivity index (χ4v) is 1.60. The van der Waals surface area contributed by atoms with Gasteiger partial charge in [-0.1, -0.05) is 17.9 Å². The zero-order valence-corrected chi connectivity index (χ0v) is 12.4. The van der Waals surface area contributed by atoms with Crippen LogP contribution in [-0.2, 0) is 20.8 Å². The second-order valence-electron chi connectivity index (χ2n) is 4.33. The maximum Gasteiger partial charge on any atom is 0.138 e. The molecule has 4 nitrogen and oxygen atoms in total. The van der Waals surface area contributed by atoms with Crippen molar-refractivity contribution in [2.75, 3.05) is 40.1 Å². The Balaban J connectivity index is 2.26. The molecule has 0 heterocycles. The van der Waals surface area contributed by atoms with Crippen LogP contribution in [0.5, 0.6) is 0 Å². The van der Waals surface area contributed by atoms with Crippen molar-refractivity contribution in [3.05, 3.63) is 35.1 Å². The van der Waals surface area contributed by atoms with Gasteiger partial charge in [0.1, 0.15) is 5.82 Å². The van der Waals surface area contributed by atoms with E-state index in [1.54, 1.807) is 19.2 Å². The molecule has 0 atom stereocenters. The Hall–Kier alpha value is -1.45. The van der Waals surface area contributed by atoms with Crippen molar-refractivity contribution < 1.29 is 18.6 Å². The molecule has 0 unspecified atom stereocenters. The number of benzene rings is 1. The van der Waals surface area contributed by atoms with Crippen LogP contribution in [0.2, 0.25) is 0 Å². The van der Waals surface area contributed by atoms with E-state index in [1.165, 1.54) is 6.07 Å². The third-order valence-electron chi connectivity index (χ3n) is 2.63. The molecule has 116 valence electrons. The molecule has 1 rings (SSSR count). The zero-order valence-electron chi connectivity index (χ0n) is 12.4. The SMILES string of the molecule is COCCOCCCOCc1ccc(F)c(C#CCN)c1. The molecule has 2 N–H and O–H groups in total. The van der Waals surface area contributed by atoms with Gasteiger partial charge in [0.25, 0.3) is 0 Å². The summed E-state index contributed by atoms with van der Waals surface area (Å²) in [6.45, 7) is 3.06. The summed E-state index contributed by atoms with van der Waals surface area (Å²) in [6, 6.07) is 4.78. The van der Waals surface area contributed by atoms with E-state index < -0.39 is 0 Å². The van der Waals surface area contributed by atoms with Gasteiger partial charge in [0.15, 0.2) is 0 Å². The second-order valence-corrected chi connectivity index (χ2v) is 4.33. The Labute approximate surface area is 125 Å². The largest absolute Gasteiger partial charge is 0.382 e. The first kappa shape index (κ1) is 17.6. The van der Waals surface area contributed by atoms with E-state index in [2.05, 4.69) is 11.8 Å². The summed E-state index contributed by atoms with van der Waals surface area (Å²) in [7, 11) is 1.64. The smallest absolute Gasteiger partial charge is 0.138 e. The molecule has 5 heteroatoms. The normalized spacial score (nSPS) is 10.2. The summed E-state index contributed by atoms with van der Waals surface area (Å²) >= 11 is 0. The number of rotatable bonds is 9. The lowest BCUT2D eigenvalue weighted by Crippen LogP contribution is -2.05. The lowest BCUT2D eigenvalue weighted by atomic mass is 10.1. The molecule has 0 fully saturated rings. The van der Waals surface area contributed by atoms with Crippen molar-refractivity contribution in [2.24, 2.45) is 5.73 Å². The lowest BCUT2D eigenvalue weighted by Gasteiger charge is -2.06. The van der Waals surface area contributed by atoms with Crippen LogP contribution in [0.4, 0.5) is 4.39 Å². The van der Waals surface area contributed by atoms with Gasteiger partial charge in [-0.25, -0.2) is 4.39 Å². The van der Waals surface area contributed by atoms with Crippen molar-refractivity contribution in [1.29, 1.82) is 0 Å². The molecule has 0 bridgehead atoms. The van der Waals surface area contributed by atoms with Gasteiger partial charge >= 0.3 is 0 Å². The first-order chi connectivity index (χ1) is 10.3. The summed E-state index contributed by atoms with van der Waals surface area (Å²) in [5.74, 6) is 5.01. The molecule has 0 saturated heterocycles. The van der Waals surface area contributed by atoms with Crippen molar-refractivity contribution in [2.45, 2.75) is 13.0 Å². The van der Waals surface area contributed by atoms with Crippen LogP contribution in [0, 0.1) is 17.7 Å². The topological polar surface area (TPSA) is 53.7 Å². The van der Waals surface area contributed by atoms with Gasteiger partial charge in [0.05, 0.1) is 31.9 Å². The first-order valence-corrected chi connectivity index (χ1v) is 6.89. The average molecular weight is 295 g/mol. The third-order valence-corrected chi connectivity index (χ3v) is 2.63. The van der Waals surface area contributed by atoms with Crippen LogP contribution in [0.3, 0.4) is 0 Å². The van der Waals surface area contributed by atoms with Crippen molar-refractivity contribution in [3.63, 3.8) is 0 Å². The van der Waals surface area contributed by atoms with E-state index in [1.807, 2.05) is 0 Å². The Bertz CT molecular complexity index is 468. The van der Waals surface area contributed by atoms with Crippen LogP contribution >= 0.6 is 0 Å². The standard InChI is InChI=1S/C16H22FNO3/c1-19-10-11-20-8-3-9-21-13-14-5-6-16(17)15(12-14)4-2-7-18/h5-6,12H,3,7-11,13,18H2,1H3. The van der Waals surface area contributed by atoms with Crippen LogP contribution < -0.4 is 5.73 Å². The molecule has 0 amide bonds. The molecule has 0 aromatic heterocycles. The maximum atomic E-state index is 13.5. The Kier molecular flexibility index (Phi) is 9.42. The van der Waals surface area contributed by atoms with Gasteiger partial charge in [0, 0.05) is 20.3 Å². The molecule has 0 spiro atoms. The predicted octanol–water partition coefficient (Wildman–Crippen LogP) is 1.71. The minimum atomic E-state index is -0.341. The third kappa shape index (κ3) is 7.78. The molecule has 0 saturated carbocycles. The quantitative estimate of drug-likeness (QED) is 0.556. The number of hydrogen-bond acceptors (Lipinski definition) is 4. The highest BCUT2D eigenvalue weighted by atomic mass is 19.1. The molecular formula is C16H22FNO3. The molecule has 21 heavy (non-hydrogen) atoms. The van der Waals surface area contributed by atoms with Gasteiger partial charge in [-0.2, -0.15) is 0 Å². The fraction of sp³-hybridized carbons (Fsp3) is 0.500. The van der Waals surface area contributed by atoms with Crippen LogP contribution in [-0.4, -0.2) is 40.1 Å². The van der Waals surface area contributed by atoms with E-state index >= 15 is 0 Å². The molecule has 0 aliphatic rings. The molecule has 1 aromatic rings. The molecule has 0 aliphatic heterocycles. The van der Waals surface area contributed by atoms with E-state index in [0.717, 1.165) is 12.0 Å². The highest BCUT2D eigenvalue weighted by Crippen LogP contribution is 2.10. The van der Waals surface area contributed by atoms with Crippen LogP contribution in [0.1, 0.15) is 17.5 Å². The summed E-state index contributed by atoms with van der Waals surface area (Å²) in [5, 5.41) is 0. The number of halogens is 1. The van der Waals surface area contributed by atoms with Gasteiger partial charge in [-0.3, -0.25) is 0 Å². The number of nitrogens with two attached hydrogens (primary N) is 1. The Morgan fingerprint density at radius 1 is 1.14 bits per heavy atom. The lowest BCUT2D eigenvalue weighted by molar-refractivity contribution is 0.0483. The van der Waals surface area contributed by atoms with E-state index in [0.29, 0.717) is 38.6 Å². The summed E-state index contributed by atoms with van der Waals surface area (Å²) in [5.41, 5.74) is 6.52. The molecule has 1 aromatic carbocycles. The minimum absolute atomic E-state index is 0.212. The average Bonchev–Trinajstić information content (AvgIpc) is 2.50. The van der Waals surface area contributed by atoms with Crippen molar-refractivity contribution >= 4 is 0 Å². The predicted molar refractivity (Wildman–Crippen MR) is 79.3 cm³/mol. The molecule has 0 radical (unpaired) electrons. The second kappa shape index (κ2) is 11.2. The van der Waals surface area contributed by atoms with E-state index in [4.69, 9.17) is 19.9 Å².